The van der Waals surface area contributed by atoms with Crippen LogP contribution in [0.4, 0.5) is 158 Å². The van der Waals surface area contributed by atoms with Gasteiger partial charge in [0, 0.05) is 0 Å². The molecule has 0 N–H and O–H groups in total. The predicted octanol–water partition coefficient (Wildman–Crippen LogP) is 11.7. The van der Waals surface area contributed by atoms with E-state index in [0.29, 0.717) is 0 Å². The first-order valence-electron chi connectivity index (χ1n) is 21.0. The Morgan fingerprint density at radius 1 is 0.105 bits per heavy atom. The number of halogens is 36. The van der Waals surface area contributed by atoms with E-state index in [1.54, 1.807) is 0 Å². The minimum Gasteiger partial charge on any atom is -0.207 e. The molecule has 0 atom stereocenters. The molecule has 448 valence electrons. The Morgan fingerprint density at radius 2 is 0.174 bits per heavy atom. The number of hydrogen-bond donors (Lipinski definition) is 0. The van der Waals surface area contributed by atoms with Crippen LogP contribution in [-0.2, 0) is 0 Å². The van der Waals surface area contributed by atoms with Crippen LogP contribution in [0.2, 0.25) is 0 Å². The van der Waals surface area contributed by atoms with Crippen LogP contribution in [0.1, 0.15) is 0 Å². The molecular weight excluding hydrogens is 1290 g/mol. The van der Waals surface area contributed by atoms with Crippen LogP contribution >= 0.6 is 0 Å². The third-order valence-electron chi connectivity index (χ3n) is 12.8. The zero-order valence-electron chi connectivity index (χ0n) is 39.2. The van der Waals surface area contributed by atoms with E-state index in [4.69, 9.17) is 0 Å². The largest absolute Gasteiger partial charge is 1.00 e. The molecule has 0 unspecified atom stereocenters. The molecule has 38 heteroatoms. The molecule has 0 amide bonds. The minimum atomic E-state index is -8.58. The monoisotopic (exact) mass is 1290 g/mol. The van der Waals surface area contributed by atoms with Crippen molar-refractivity contribution >= 4 is 28.0 Å². The maximum atomic E-state index is 17.4. The summed E-state index contributed by atoms with van der Waals surface area (Å²) in [7, 11) is 0. The summed E-state index contributed by atoms with van der Waals surface area (Å²) in [4.78, 5) is 0. The second kappa shape index (κ2) is 22.2. The molecule has 8 aromatic carbocycles. The van der Waals surface area contributed by atoms with Gasteiger partial charge in [-0.3, -0.25) is 0 Å². The van der Waals surface area contributed by atoms with Crippen molar-refractivity contribution in [2.45, 2.75) is 0 Å². The quantitative estimate of drug-likeness (QED) is 0.0616. The van der Waals surface area contributed by atoms with Crippen LogP contribution in [-0.4, -0.2) is 6.15 Å². The molecule has 0 bridgehead atoms. The molecule has 0 saturated heterocycles. The van der Waals surface area contributed by atoms with Crippen molar-refractivity contribution in [3.8, 4) is 44.5 Å². The summed E-state index contributed by atoms with van der Waals surface area (Å²) in [5.41, 5.74) is -46.1. The molecule has 0 spiro atoms. The smallest absolute Gasteiger partial charge is 0.207 e. The van der Waals surface area contributed by atoms with Crippen molar-refractivity contribution in [3.63, 3.8) is 0 Å². The van der Waals surface area contributed by atoms with E-state index in [9.17, 15) is 52.7 Å². The summed E-state index contributed by atoms with van der Waals surface area (Å²) >= 11 is 0. The average molecular weight is 1290 g/mol. The normalized spacial score (nSPS) is 11.9. The van der Waals surface area contributed by atoms with Gasteiger partial charge in [0.05, 0.1) is 44.5 Å². The van der Waals surface area contributed by atoms with Gasteiger partial charge >= 0.3 is 29.6 Å². The molecular formula is C48BF36Na. The van der Waals surface area contributed by atoms with E-state index < -0.39 is 282 Å². The van der Waals surface area contributed by atoms with E-state index in [1.165, 1.54) is 0 Å². The SMILES string of the molecule is Fc1c(F)c(F)c(-c2c(F)c(F)c([B-](c3c(F)c(F)c(-c4c(F)c(F)c(F)c(F)c4F)c(F)c3F)(c3c(F)c(F)c(-c4c(F)c(F)c(F)c(F)c4F)c(F)c3F)c3c(F)c(F)c(-c4c(F)c(F)c(F)c(F)c4F)c(F)c3F)c(F)c2F)c(F)c1F.[Na+]. The maximum absolute atomic E-state index is 17.4. The third-order valence-corrected chi connectivity index (χ3v) is 12.8. The fourth-order valence-electron chi connectivity index (χ4n) is 9.16. The first-order chi connectivity index (χ1) is 39.3. The predicted molar refractivity (Wildman–Crippen MR) is 210 cm³/mol. The van der Waals surface area contributed by atoms with Crippen LogP contribution in [0.25, 0.3) is 44.5 Å². The Morgan fingerprint density at radius 3 is 0.267 bits per heavy atom. The van der Waals surface area contributed by atoms with Gasteiger partial charge in [0.25, 0.3) is 0 Å². The Hall–Kier alpha value is -7.70. The Bertz CT molecular complexity index is 3600. The first kappa shape index (κ1) is 65.8. The number of benzene rings is 8. The molecule has 0 aliphatic heterocycles. The van der Waals surface area contributed by atoms with Gasteiger partial charge in [0.15, 0.2) is 140 Å². The molecule has 8 aromatic rings. The van der Waals surface area contributed by atoms with Gasteiger partial charge in [-0.2, -0.15) is 0 Å². The van der Waals surface area contributed by atoms with E-state index in [1.807, 2.05) is 0 Å². The summed E-state index contributed by atoms with van der Waals surface area (Å²) in [6, 6.07) is 0. The summed E-state index contributed by atoms with van der Waals surface area (Å²) in [6.07, 6.45) is -8.58. The maximum Gasteiger partial charge on any atom is 1.00 e. The van der Waals surface area contributed by atoms with Crippen molar-refractivity contribution < 1.29 is 188 Å². The molecule has 0 aliphatic rings. The molecule has 0 heterocycles. The van der Waals surface area contributed by atoms with E-state index in [2.05, 4.69) is 0 Å². The zero-order chi connectivity index (χ0) is 64.2. The van der Waals surface area contributed by atoms with Gasteiger partial charge < -0.3 is 0 Å². The van der Waals surface area contributed by atoms with E-state index >= 15 is 105 Å². The summed E-state index contributed by atoms with van der Waals surface area (Å²) in [5, 5.41) is 0. The van der Waals surface area contributed by atoms with Gasteiger partial charge in [-0.1, -0.05) is 0 Å². The van der Waals surface area contributed by atoms with E-state index in [0.717, 1.165) is 0 Å². The van der Waals surface area contributed by atoms with Gasteiger partial charge in [0.2, 0.25) is 23.3 Å². The fourth-order valence-corrected chi connectivity index (χ4v) is 9.16. The van der Waals surface area contributed by atoms with Gasteiger partial charge in [-0.25, -0.2) is 158 Å². The van der Waals surface area contributed by atoms with Gasteiger partial charge in [-0.15, -0.1) is 21.9 Å². The van der Waals surface area contributed by atoms with Gasteiger partial charge in [-0.05, 0) is 0 Å². The Kier molecular flexibility index (Phi) is 17.0. The standard InChI is InChI=1S/C48BF36.Na/c50-13-1(5-21(58)37(74)45(82)38(75)22(5)59)14(51)30(67)9(29(13)66)49(10-31(68)15(52)2(16(53)32(10)69)6-23(60)39(76)46(83)40(77)24(6)61,11-33(70)17(54)3(18(55)34(11)71)7-25(62)41(78)47(84)42(79)26(7)63)12-35(72)19(56)4(20(57)36(12)73)8-27(64)43(80)48(85)44(81)28(8)65;/q-1;+1. The third kappa shape index (κ3) is 8.60. The van der Waals surface area contributed by atoms with Crippen molar-refractivity contribution in [3.05, 3.63) is 209 Å². The molecule has 0 aliphatic carbocycles. The Labute approximate surface area is 468 Å². The van der Waals surface area contributed by atoms with Crippen LogP contribution in [0.15, 0.2) is 0 Å². The molecule has 0 aromatic heterocycles. The average Bonchev–Trinajstić information content (AvgIpc) is 0.686. The molecule has 0 nitrogen and oxygen atoms in total. The summed E-state index contributed by atoms with van der Waals surface area (Å²) in [6.45, 7) is 0. The van der Waals surface area contributed by atoms with Crippen molar-refractivity contribution in [1.82, 2.24) is 0 Å². The molecule has 8 rings (SSSR count). The molecule has 0 fully saturated rings. The van der Waals surface area contributed by atoms with E-state index in [-0.39, 0.29) is 29.6 Å². The molecule has 0 radical (unpaired) electrons. The Balaban J connectivity index is 0.0000106. The van der Waals surface area contributed by atoms with Crippen LogP contribution in [0.3, 0.4) is 0 Å². The van der Waals surface area contributed by atoms with Crippen LogP contribution in [0.5, 0.6) is 0 Å². The fraction of sp³-hybridized carbons (Fsp3) is 0. The summed E-state index contributed by atoms with van der Waals surface area (Å²) in [5.74, 6) is -142. The minimum absolute atomic E-state index is 0. The molecule has 0 saturated carbocycles. The zero-order valence-corrected chi connectivity index (χ0v) is 41.2. The number of rotatable bonds is 8. The topological polar surface area (TPSA) is 0 Å². The van der Waals surface area contributed by atoms with Crippen LogP contribution in [0, 0.1) is 209 Å². The number of hydrogen-bond acceptors (Lipinski definition) is 0. The second-order valence-corrected chi connectivity index (χ2v) is 16.8. The van der Waals surface area contributed by atoms with Crippen molar-refractivity contribution in [1.29, 1.82) is 0 Å². The second-order valence-electron chi connectivity index (χ2n) is 16.8. The molecule has 86 heavy (non-hydrogen) atoms. The first-order valence-corrected chi connectivity index (χ1v) is 21.0. The van der Waals surface area contributed by atoms with Crippen molar-refractivity contribution in [2.75, 3.05) is 0 Å². The van der Waals surface area contributed by atoms with Gasteiger partial charge in [0.1, 0.15) is 52.7 Å². The van der Waals surface area contributed by atoms with Crippen LogP contribution < -0.4 is 51.4 Å². The van der Waals surface area contributed by atoms with Crippen molar-refractivity contribution in [2.24, 2.45) is 0 Å². The summed E-state index contributed by atoms with van der Waals surface area (Å²) < 4.78 is 565.